The van der Waals surface area contributed by atoms with Gasteiger partial charge in [-0.2, -0.15) is 0 Å². The van der Waals surface area contributed by atoms with Crippen LogP contribution in [-0.2, 0) is 4.79 Å². The van der Waals surface area contributed by atoms with Crippen LogP contribution in [0.15, 0.2) is 23.6 Å². The van der Waals surface area contributed by atoms with Gasteiger partial charge in [0.05, 0.1) is 17.5 Å². The van der Waals surface area contributed by atoms with E-state index in [0.29, 0.717) is 6.04 Å². The molecule has 106 valence electrons. The van der Waals surface area contributed by atoms with Crippen molar-refractivity contribution in [3.05, 3.63) is 18.5 Å². The number of thioether (sulfide) groups is 1. The quantitative estimate of drug-likeness (QED) is 0.829. The molecule has 0 aliphatic heterocycles. The standard InChI is InChI=1S/C14H17N3O2S/c1-9(6-10-2-3-10)17-12-4-5-15-7-11(12)16-14(17)20-8-13(18)19/h4-5,7,9-10H,2-3,6,8H2,1H3,(H,18,19). The summed E-state index contributed by atoms with van der Waals surface area (Å²) in [6.07, 6.45) is 7.26. The van der Waals surface area contributed by atoms with Crippen LogP contribution in [0.2, 0.25) is 0 Å². The van der Waals surface area contributed by atoms with E-state index in [0.717, 1.165) is 28.5 Å². The number of carboxylic acid groups (broad SMARTS) is 1. The second-order valence-corrected chi connectivity index (χ2v) is 6.28. The zero-order valence-corrected chi connectivity index (χ0v) is 12.1. The first kappa shape index (κ1) is 13.4. The fourth-order valence-corrected chi connectivity index (χ4v) is 3.36. The smallest absolute Gasteiger partial charge is 0.313 e. The largest absolute Gasteiger partial charge is 0.481 e. The summed E-state index contributed by atoms with van der Waals surface area (Å²) in [6, 6.07) is 2.29. The van der Waals surface area contributed by atoms with Crippen LogP contribution in [-0.4, -0.2) is 31.4 Å². The second-order valence-electron chi connectivity index (χ2n) is 5.34. The van der Waals surface area contributed by atoms with Crippen LogP contribution in [0.4, 0.5) is 0 Å². The molecule has 1 saturated carbocycles. The lowest BCUT2D eigenvalue weighted by molar-refractivity contribution is -0.133. The lowest BCUT2D eigenvalue weighted by Gasteiger charge is -2.16. The van der Waals surface area contributed by atoms with Gasteiger partial charge in [-0.3, -0.25) is 9.78 Å². The normalized spacial score (nSPS) is 16.4. The first-order chi connectivity index (χ1) is 9.65. The van der Waals surface area contributed by atoms with E-state index in [4.69, 9.17) is 5.11 Å². The molecule has 2 aromatic heterocycles. The van der Waals surface area contributed by atoms with Crippen molar-refractivity contribution in [3.8, 4) is 0 Å². The van der Waals surface area contributed by atoms with Crippen LogP contribution < -0.4 is 0 Å². The molecule has 0 radical (unpaired) electrons. The molecule has 1 aliphatic rings. The van der Waals surface area contributed by atoms with Crippen LogP contribution in [0.5, 0.6) is 0 Å². The van der Waals surface area contributed by atoms with Crippen LogP contribution in [0.3, 0.4) is 0 Å². The van der Waals surface area contributed by atoms with E-state index < -0.39 is 5.97 Å². The summed E-state index contributed by atoms with van der Waals surface area (Å²) in [7, 11) is 0. The number of carbonyl (C=O) groups is 1. The Hall–Kier alpha value is -1.56. The van der Waals surface area contributed by atoms with Crippen molar-refractivity contribution in [1.29, 1.82) is 0 Å². The average Bonchev–Trinajstić information content (AvgIpc) is 3.14. The minimum absolute atomic E-state index is 0.0346. The minimum Gasteiger partial charge on any atom is -0.481 e. The third kappa shape index (κ3) is 2.80. The summed E-state index contributed by atoms with van der Waals surface area (Å²) < 4.78 is 2.17. The third-order valence-electron chi connectivity index (χ3n) is 3.60. The highest BCUT2D eigenvalue weighted by Crippen LogP contribution is 2.39. The maximum absolute atomic E-state index is 10.8. The van der Waals surface area contributed by atoms with Gasteiger partial charge >= 0.3 is 5.97 Å². The molecule has 0 spiro atoms. The number of fused-ring (bicyclic) bond motifs is 1. The number of rotatable bonds is 6. The Morgan fingerprint density at radius 1 is 1.60 bits per heavy atom. The highest BCUT2D eigenvalue weighted by Gasteiger charge is 2.26. The zero-order valence-electron chi connectivity index (χ0n) is 11.3. The number of aromatic nitrogens is 3. The Bertz CT molecular complexity index is 636. The van der Waals surface area contributed by atoms with Crippen LogP contribution in [0.1, 0.15) is 32.2 Å². The van der Waals surface area contributed by atoms with E-state index in [1.165, 1.54) is 24.6 Å². The van der Waals surface area contributed by atoms with Crippen LogP contribution in [0, 0.1) is 5.92 Å². The molecule has 0 saturated heterocycles. The number of imidazole rings is 1. The fourth-order valence-electron chi connectivity index (χ4n) is 2.52. The molecular formula is C14H17N3O2S. The van der Waals surface area contributed by atoms with Gasteiger partial charge in [0.1, 0.15) is 5.52 Å². The molecule has 1 atom stereocenters. The fraction of sp³-hybridized carbons (Fsp3) is 0.500. The first-order valence-corrected chi connectivity index (χ1v) is 7.80. The number of carboxylic acids is 1. The lowest BCUT2D eigenvalue weighted by atomic mass is 10.1. The molecule has 0 bridgehead atoms. The Morgan fingerprint density at radius 2 is 2.40 bits per heavy atom. The van der Waals surface area contributed by atoms with Gasteiger partial charge in [-0.15, -0.1) is 0 Å². The molecule has 20 heavy (non-hydrogen) atoms. The first-order valence-electron chi connectivity index (χ1n) is 6.81. The molecule has 0 aromatic carbocycles. The molecule has 1 unspecified atom stereocenters. The lowest BCUT2D eigenvalue weighted by Crippen LogP contribution is -2.09. The predicted molar refractivity (Wildman–Crippen MR) is 77.9 cm³/mol. The van der Waals surface area contributed by atoms with Crippen molar-refractivity contribution in [2.24, 2.45) is 5.92 Å². The van der Waals surface area contributed by atoms with Crippen molar-refractivity contribution in [2.45, 2.75) is 37.4 Å². The summed E-state index contributed by atoms with van der Waals surface area (Å²) >= 11 is 1.28. The van der Waals surface area contributed by atoms with Gasteiger partial charge in [0.2, 0.25) is 0 Å². The van der Waals surface area contributed by atoms with E-state index in [9.17, 15) is 4.79 Å². The number of hydrogen-bond donors (Lipinski definition) is 1. The molecule has 0 amide bonds. The van der Waals surface area contributed by atoms with Gasteiger partial charge in [0.15, 0.2) is 5.16 Å². The second kappa shape index (κ2) is 5.44. The molecule has 1 fully saturated rings. The molecule has 3 rings (SSSR count). The van der Waals surface area contributed by atoms with Crippen molar-refractivity contribution in [1.82, 2.24) is 14.5 Å². The number of pyridine rings is 1. The number of aliphatic carboxylic acids is 1. The topological polar surface area (TPSA) is 68.0 Å². The SMILES string of the molecule is CC(CC1CC1)n1c(SCC(=O)O)nc2cnccc21. The van der Waals surface area contributed by atoms with Gasteiger partial charge in [-0.05, 0) is 25.3 Å². The molecule has 5 nitrogen and oxygen atoms in total. The third-order valence-corrected chi connectivity index (χ3v) is 4.53. The monoisotopic (exact) mass is 291 g/mol. The zero-order chi connectivity index (χ0) is 14.1. The van der Waals surface area contributed by atoms with Gasteiger partial charge in [-0.25, -0.2) is 4.98 Å². The van der Waals surface area contributed by atoms with Crippen LogP contribution >= 0.6 is 11.8 Å². The Labute approximate surface area is 121 Å². The minimum atomic E-state index is -0.818. The maximum Gasteiger partial charge on any atom is 0.313 e. The maximum atomic E-state index is 10.8. The number of nitrogens with zero attached hydrogens (tertiary/aromatic N) is 3. The van der Waals surface area contributed by atoms with Gasteiger partial charge in [-0.1, -0.05) is 24.6 Å². The molecular weight excluding hydrogens is 274 g/mol. The van der Waals surface area contributed by atoms with E-state index in [1.807, 2.05) is 6.07 Å². The summed E-state index contributed by atoms with van der Waals surface area (Å²) in [5.74, 6) is 0.0376. The van der Waals surface area contributed by atoms with Gasteiger partial charge in [0.25, 0.3) is 0 Å². The van der Waals surface area contributed by atoms with E-state index in [-0.39, 0.29) is 5.75 Å². The van der Waals surface area contributed by atoms with E-state index >= 15 is 0 Å². The molecule has 1 aliphatic carbocycles. The summed E-state index contributed by atoms with van der Waals surface area (Å²) in [5.41, 5.74) is 1.88. The van der Waals surface area contributed by atoms with Gasteiger partial charge < -0.3 is 9.67 Å². The Kier molecular flexibility index (Phi) is 3.65. The van der Waals surface area contributed by atoms with Gasteiger partial charge in [0, 0.05) is 12.2 Å². The molecule has 2 heterocycles. The van der Waals surface area contributed by atoms with E-state index in [1.54, 1.807) is 12.4 Å². The van der Waals surface area contributed by atoms with Crippen molar-refractivity contribution < 1.29 is 9.90 Å². The summed E-state index contributed by atoms with van der Waals surface area (Å²) in [4.78, 5) is 19.4. The molecule has 6 heteroatoms. The van der Waals surface area contributed by atoms with Crippen LogP contribution in [0.25, 0.3) is 11.0 Å². The van der Waals surface area contributed by atoms with Crippen molar-refractivity contribution >= 4 is 28.8 Å². The van der Waals surface area contributed by atoms with Crippen molar-refractivity contribution in [2.75, 3.05) is 5.75 Å². The summed E-state index contributed by atoms with van der Waals surface area (Å²) in [5, 5.41) is 9.65. The van der Waals surface area contributed by atoms with E-state index in [2.05, 4.69) is 21.5 Å². The highest BCUT2D eigenvalue weighted by molar-refractivity contribution is 7.99. The highest BCUT2D eigenvalue weighted by atomic mass is 32.2. The average molecular weight is 291 g/mol. The predicted octanol–water partition coefficient (Wildman–Crippen LogP) is 2.97. The Balaban J connectivity index is 1.95. The summed E-state index contributed by atoms with van der Waals surface area (Å²) in [6.45, 7) is 2.19. The van der Waals surface area contributed by atoms with Crippen molar-refractivity contribution in [3.63, 3.8) is 0 Å². The Morgan fingerprint density at radius 3 is 3.10 bits per heavy atom. The molecule has 1 N–H and O–H groups in total. The number of hydrogen-bond acceptors (Lipinski definition) is 4. The molecule has 2 aromatic rings.